The van der Waals surface area contributed by atoms with Crippen molar-refractivity contribution in [1.29, 1.82) is 0 Å². The lowest BCUT2D eigenvalue weighted by Gasteiger charge is -2.19. The van der Waals surface area contributed by atoms with Crippen LogP contribution in [-0.2, 0) is 19.3 Å². The number of carbonyl (C=O) groups is 1. The maximum absolute atomic E-state index is 13.7. The Kier molecular flexibility index (Phi) is 8.47. The zero-order valence-corrected chi connectivity index (χ0v) is 20.1. The number of pyridine rings is 1. The number of aryl methyl sites for hydroxylation is 3. The lowest BCUT2D eigenvalue weighted by Crippen LogP contribution is -2.39. The summed E-state index contributed by atoms with van der Waals surface area (Å²) in [5, 5.41) is 16.3. The molecule has 0 aliphatic rings. The molecule has 1 aromatic heterocycles. The van der Waals surface area contributed by atoms with Gasteiger partial charge in [-0.25, -0.2) is 0 Å². The molecule has 174 valence electrons. The van der Waals surface area contributed by atoms with Gasteiger partial charge in [0.05, 0.1) is 13.0 Å². The fraction of sp³-hybridized carbons (Fsp3) is 0.357. The summed E-state index contributed by atoms with van der Waals surface area (Å²) in [5.74, 6) is 0.149. The Morgan fingerprint density at radius 1 is 1.00 bits per heavy atom. The van der Waals surface area contributed by atoms with E-state index in [0.29, 0.717) is 35.7 Å². The zero-order chi connectivity index (χ0) is 23.8. The third kappa shape index (κ3) is 5.72. The van der Waals surface area contributed by atoms with E-state index in [4.69, 9.17) is 4.74 Å². The van der Waals surface area contributed by atoms with Gasteiger partial charge in [-0.05, 0) is 36.0 Å². The van der Waals surface area contributed by atoms with Gasteiger partial charge in [0.2, 0.25) is 5.69 Å². The largest absolute Gasteiger partial charge is 0.618 e. The first-order valence-electron chi connectivity index (χ1n) is 11.8. The molecule has 0 radical (unpaired) electrons. The van der Waals surface area contributed by atoms with Crippen LogP contribution in [0, 0.1) is 12.1 Å². The van der Waals surface area contributed by atoms with E-state index in [2.05, 4.69) is 26.1 Å². The Balaban J connectivity index is 2.11. The number of nitrogens with one attached hydrogen (secondary N) is 1. The highest BCUT2D eigenvalue weighted by atomic mass is 16.5. The molecule has 1 N–H and O–H groups in total. The number of unbranched alkanes of at least 4 members (excludes halogenated alkanes) is 1. The highest BCUT2D eigenvalue weighted by Crippen LogP contribution is 2.28. The highest BCUT2D eigenvalue weighted by molar-refractivity contribution is 6.07. The molecular formula is C28H34N2O3. The molecule has 1 amide bonds. The normalized spacial score (nSPS) is 10.8. The number of benzene rings is 2. The molecule has 33 heavy (non-hydrogen) atoms. The lowest BCUT2D eigenvalue weighted by molar-refractivity contribution is -0.620. The molecule has 0 saturated heterocycles. The number of hydrogen-bond acceptors (Lipinski definition) is 3. The minimum absolute atomic E-state index is 0.309. The van der Waals surface area contributed by atoms with Crippen LogP contribution in [0.15, 0.2) is 54.6 Å². The Morgan fingerprint density at radius 2 is 1.67 bits per heavy atom. The zero-order valence-electron chi connectivity index (χ0n) is 20.1. The summed E-state index contributed by atoms with van der Waals surface area (Å²) in [6.45, 7) is 8.48. The van der Waals surface area contributed by atoms with Crippen molar-refractivity contribution in [1.82, 2.24) is 0 Å². The van der Waals surface area contributed by atoms with Crippen molar-refractivity contribution in [3.05, 3.63) is 93.4 Å². The van der Waals surface area contributed by atoms with Crippen molar-refractivity contribution < 1.29 is 14.3 Å². The first-order valence-corrected chi connectivity index (χ1v) is 11.8. The number of ether oxygens (including phenoxy) is 1. The van der Waals surface area contributed by atoms with E-state index in [1.165, 1.54) is 0 Å². The van der Waals surface area contributed by atoms with E-state index >= 15 is 0 Å². The average molecular weight is 447 g/mol. The van der Waals surface area contributed by atoms with Gasteiger partial charge in [-0.2, -0.15) is 4.73 Å². The summed E-state index contributed by atoms with van der Waals surface area (Å²) in [6, 6.07) is 17.5. The number of rotatable bonds is 10. The maximum atomic E-state index is 13.7. The third-order valence-electron chi connectivity index (χ3n) is 5.87. The summed E-state index contributed by atoms with van der Waals surface area (Å²) < 4.78 is 6.91. The summed E-state index contributed by atoms with van der Waals surface area (Å²) in [6.07, 6.45) is 3.80. The van der Waals surface area contributed by atoms with Gasteiger partial charge >= 0.3 is 0 Å². The molecule has 2 aromatic carbocycles. The number of hydrogen-bond donors (Lipinski definition) is 1. The van der Waals surface area contributed by atoms with Crippen LogP contribution in [0.1, 0.15) is 72.0 Å². The molecular weight excluding hydrogens is 412 g/mol. The van der Waals surface area contributed by atoms with Gasteiger partial charge < -0.3 is 15.3 Å². The predicted octanol–water partition coefficient (Wildman–Crippen LogP) is 5.78. The number of nitrogens with zero attached hydrogens (tertiary/aromatic N) is 1. The van der Waals surface area contributed by atoms with E-state index in [1.54, 1.807) is 13.0 Å². The SMILES string of the molecule is CCCCOc1cc(C)[n+]([O-])c(Cc2ccccc2)c1C(=O)Nc1c(CC)cccc1CC. The molecule has 0 saturated carbocycles. The second-order valence-corrected chi connectivity index (χ2v) is 8.24. The quantitative estimate of drug-likeness (QED) is 0.244. The standard InChI is InChI=1S/C28H34N2O3/c1-5-8-17-33-25-18-20(4)30(32)24(19-21-13-10-9-11-14-21)26(25)28(31)29-27-22(6-2)15-12-16-23(27)7-3/h9-16,18H,5-8,17,19H2,1-4H3,(H,29,31). The van der Waals surface area contributed by atoms with Crippen molar-refractivity contribution in [3.63, 3.8) is 0 Å². The van der Waals surface area contributed by atoms with Crippen molar-refractivity contribution in [2.75, 3.05) is 11.9 Å². The molecule has 0 fully saturated rings. The summed E-state index contributed by atoms with van der Waals surface area (Å²) in [5.41, 5.74) is 5.15. The van der Waals surface area contributed by atoms with E-state index in [0.717, 1.165) is 52.8 Å². The van der Waals surface area contributed by atoms with Crippen LogP contribution in [0.2, 0.25) is 0 Å². The van der Waals surface area contributed by atoms with Gasteiger partial charge in [0.1, 0.15) is 5.75 Å². The van der Waals surface area contributed by atoms with Crippen LogP contribution >= 0.6 is 0 Å². The van der Waals surface area contributed by atoms with Crippen LogP contribution in [0.5, 0.6) is 5.75 Å². The van der Waals surface area contributed by atoms with Crippen molar-refractivity contribution >= 4 is 11.6 Å². The number of anilines is 1. The summed E-state index contributed by atoms with van der Waals surface area (Å²) >= 11 is 0. The minimum atomic E-state index is -0.312. The average Bonchev–Trinajstić information content (AvgIpc) is 2.83. The van der Waals surface area contributed by atoms with Gasteiger partial charge in [-0.3, -0.25) is 4.79 Å². The molecule has 1 heterocycles. The summed E-state index contributed by atoms with van der Waals surface area (Å²) in [7, 11) is 0. The second-order valence-electron chi connectivity index (χ2n) is 8.24. The van der Waals surface area contributed by atoms with Crippen LogP contribution in [0.3, 0.4) is 0 Å². The van der Waals surface area contributed by atoms with E-state index in [-0.39, 0.29) is 5.91 Å². The van der Waals surface area contributed by atoms with E-state index in [9.17, 15) is 10.0 Å². The van der Waals surface area contributed by atoms with Crippen molar-refractivity contribution in [3.8, 4) is 5.75 Å². The van der Waals surface area contributed by atoms with E-state index in [1.807, 2.05) is 48.5 Å². The molecule has 0 unspecified atom stereocenters. The molecule has 3 aromatic rings. The van der Waals surface area contributed by atoms with Gasteiger partial charge in [0.25, 0.3) is 5.91 Å². The van der Waals surface area contributed by atoms with Crippen LogP contribution in [0.4, 0.5) is 5.69 Å². The van der Waals surface area contributed by atoms with Gasteiger partial charge in [-0.1, -0.05) is 75.7 Å². The molecule has 0 spiro atoms. The minimum Gasteiger partial charge on any atom is -0.618 e. The predicted molar refractivity (Wildman–Crippen MR) is 133 cm³/mol. The monoisotopic (exact) mass is 446 g/mol. The lowest BCUT2D eigenvalue weighted by atomic mass is 10.0. The smallest absolute Gasteiger partial charge is 0.265 e. The molecule has 5 heteroatoms. The molecule has 0 aliphatic heterocycles. The molecule has 3 rings (SSSR count). The maximum Gasteiger partial charge on any atom is 0.265 e. The number of amides is 1. The number of para-hydroxylation sites is 1. The number of aromatic nitrogens is 1. The topological polar surface area (TPSA) is 65.3 Å². The van der Waals surface area contributed by atoms with Crippen LogP contribution in [-0.4, -0.2) is 12.5 Å². The molecule has 5 nitrogen and oxygen atoms in total. The molecule has 0 aliphatic carbocycles. The fourth-order valence-electron chi connectivity index (χ4n) is 3.99. The molecule has 0 bridgehead atoms. The van der Waals surface area contributed by atoms with Gasteiger partial charge in [0.15, 0.2) is 11.3 Å². The Morgan fingerprint density at radius 3 is 2.27 bits per heavy atom. The Labute approximate surface area is 197 Å². The van der Waals surface area contributed by atoms with Crippen molar-refractivity contribution in [2.24, 2.45) is 0 Å². The Bertz CT molecular complexity index is 1070. The fourth-order valence-corrected chi connectivity index (χ4v) is 3.99. The Hall–Kier alpha value is -3.34. The number of carbonyl (C=O) groups excluding carboxylic acids is 1. The first-order chi connectivity index (χ1) is 16.0. The van der Waals surface area contributed by atoms with Crippen LogP contribution in [0.25, 0.3) is 0 Å². The van der Waals surface area contributed by atoms with Crippen molar-refractivity contribution in [2.45, 2.75) is 59.8 Å². The summed E-state index contributed by atoms with van der Waals surface area (Å²) in [4.78, 5) is 13.7. The van der Waals surface area contributed by atoms with E-state index < -0.39 is 0 Å². The van der Waals surface area contributed by atoms with Gasteiger partial charge in [-0.15, -0.1) is 0 Å². The van der Waals surface area contributed by atoms with Crippen LogP contribution < -0.4 is 14.8 Å². The third-order valence-corrected chi connectivity index (χ3v) is 5.87. The molecule has 0 atom stereocenters. The highest BCUT2D eigenvalue weighted by Gasteiger charge is 2.28. The second kappa shape index (κ2) is 11.5. The van der Waals surface area contributed by atoms with Gasteiger partial charge in [0, 0.05) is 18.7 Å². The first kappa shape index (κ1) is 24.3.